The molecule has 4 atom stereocenters. The molecular formula is C21H28N2O2. The number of benzene rings is 1. The summed E-state index contributed by atoms with van der Waals surface area (Å²) in [6.07, 6.45) is 7.50. The van der Waals surface area contributed by atoms with Crippen LogP contribution in [-0.4, -0.2) is 28.8 Å². The molecule has 3 aliphatic rings. The van der Waals surface area contributed by atoms with E-state index in [2.05, 4.69) is 5.32 Å². The molecule has 134 valence electrons. The van der Waals surface area contributed by atoms with E-state index in [1.54, 1.807) is 0 Å². The van der Waals surface area contributed by atoms with Gasteiger partial charge in [-0.2, -0.15) is 0 Å². The van der Waals surface area contributed by atoms with Crippen LogP contribution in [0.5, 0.6) is 0 Å². The first-order chi connectivity index (χ1) is 12.1. The molecule has 0 unspecified atom stereocenters. The van der Waals surface area contributed by atoms with Crippen molar-refractivity contribution in [2.24, 2.45) is 11.8 Å². The molecule has 4 heteroatoms. The molecule has 1 aromatic carbocycles. The largest absolute Gasteiger partial charge is 0.348 e. The van der Waals surface area contributed by atoms with Crippen molar-refractivity contribution >= 4 is 11.8 Å². The van der Waals surface area contributed by atoms with Gasteiger partial charge in [-0.15, -0.1) is 0 Å². The Bertz CT molecular complexity index is 641. The van der Waals surface area contributed by atoms with E-state index in [-0.39, 0.29) is 29.8 Å². The molecule has 25 heavy (non-hydrogen) atoms. The molecule has 4 nitrogen and oxygen atoms in total. The number of amides is 2. The quantitative estimate of drug-likeness (QED) is 0.913. The van der Waals surface area contributed by atoms with Gasteiger partial charge in [-0.3, -0.25) is 9.59 Å². The van der Waals surface area contributed by atoms with Crippen molar-refractivity contribution in [3.8, 4) is 0 Å². The summed E-state index contributed by atoms with van der Waals surface area (Å²) in [6, 6.07) is 10.0. The minimum atomic E-state index is -0.271. The predicted octanol–water partition coefficient (Wildman–Crippen LogP) is 3.43. The van der Waals surface area contributed by atoms with Crippen molar-refractivity contribution in [1.82, 2.24) is 10.2 Å². The zero-order valence-corrected chi connectivity index (χ0v) is 15.0. The summed E-state index contributed by atoms with van der Waals surface area (Å²) in [4.78, 5) is 27.9. The molecule has 1 N–H and O–H groups in total. The van der Waals surface area contributed by atoms with Gasteiger partial charge in [0.05, 0.1) is 6.04 Å². The van der Waals surface area contributed by atoms with Crippen LogP contribution in [0.4, 0.5) is 0 Å². The van der Waals surface area contributed by atoms with E-state index >= 15 is 0 Å². The average Bonchev–Trinajstić information content (AvgIpc) is 3.41. The van der Waals surface area contributed by atoms with Gasteiger partial charge in [0.2, 0.25) is 11.8 Å². The van der Waals surface area contributed by atoms with Gasteiger partial charge in [0, 0.05) is 12.0 Å². The second kappa shape index (κ2) is 6.81. The summed E-state index contributed by atoms with van der Waals surface area (Å²) in [7, 11) is 0. The number of hydrogen-bond acceptors (Lipinski definition) is 2. The van der Waals surface area contributed by atoms with Crippen molar-refractivity contribution in [1.29, 1.82) is 0 Å². The normalized spacial score (nSPS) is 29.8. The fourth-order valence-electron chi connectivity index (χ4n) is 4.69. The maximum Gasteiger partial charge on any atom is 0.243 e. The van der Waals surface area contributed by atoms with Crippen molar-refractivity contribution in [2.45, 2.75) is 70.0 Å². The Hall–Kier alpha value is -1.84. The molecule has 2 aliphatic carbocycles. The van der Waals surface area contributed by atoms with Crippen LogP contribution >= 0.6 is 0 Å². The van der Waals surface area contributed by atoms with Crippen LogP contribution in [0, 0.1) is 11.8 Å². The first-order valence-electron chi connectivity index (χ1n) is 9.82. The van der Waals surface area contributed by atoms with E-state index in [1.807, 2.05) is 42.2 Å². The summed E-state index contributed by atoms with van der Waals surface area (Å²) >= 11 is 0. The van der Waals surface area contributed by atoms with E-state index in [0.29, 0.717) is 12.0 Å². The van der Waals surface area contributed by atoms with Crippen molar-refractivity contribution < 1.29 is 9.59 Å². The van der Waals surface area contributed by atoms with Gasteiger partial charge in [-0.05, 0) is 50.5 Å². The zero-order valence-electron chi connectivity index (χ0n) is 15.0. The first-order valence-corrected chi connectivity index (χ1v) is 9.82. The highest BCUT2D eigenvalue weighted by molar-refractivity contribution is 5.90. The minimum Gasteiger partial charge on any atom is -0.348 e. The Morgan fingerprint density at radius 2 is 1.80 bits per heavy atom. The van der Waals surface area contributed by atoms with Crippen LogP contribution in [0.3, 0.4) is 0 Å². The third-order valence-corrected chi connectivity index (χ3v) is 6.23. The van der Waals surface area contributed by atoms with E-state index in [0.717, 1.165) is 37.7 Å². The van der Waals surface area contributed by atoms with Crippen molar-refractivity contribution in [3.05, 3.63) is 35.9 Å². The Kier molecular flexibility index (Phi) is 4.53. The molecule has 2 saturated carbocycles. The molecule has 0 bridgehead atoms. The van der Waals surface area contributed by atoms with Gasteiger partial charge >= 0.3 is 0 Å². The lowest BCUT2D eigenvalue weighted by atomic mass is 9.84. The number of carbonyl (C=O) groups excluding carboxylic acids is 2. The van der Waals surface area contributed by atoms with Crippen LogP contribution in [0.2, 0.25) is 0 Å². The average molecular weight is 340 g/mol. The highest BCUT2D eigenvalue weighted by atomic mass is 16.2. The van der Waals surface area contributed by atoms with Crippen LogP contribution in [0.25, 0.3) is 0 Å². The Morgan fingerprint density at radius 3 is 2.52 bits per heavy atom. The lowest BCUT2D eigenvalue weighted by Crippen LogP contribution is -2.50. The van der Waals surface area contributed by atoms with Crippen LogP contribution in [0.15, 0.2) is 30.3 Å². The molecule has 0 aromatic heterocycles. The van der Waals surface area contributed by atoms with Crippen molar-refractivity contribution in [2.75, 3.05) is 0 Å². The standard InChI is InChI=1S/C21H28N2O2/c1-14(15-7-3-2-4-8-15)22-20(24)19-13-17-9-5-6-10-18(17)23(19)21(25)16-11-12-16/h2-4,7-8,14,16-19H,5-6,9-13H2,1H3,(H,22,24)/t14-,17+,18-,19-/m0/s1. The summed E-state index contributed by atoms with van der Waals surface area (Å²) in [6.45, 7) is 2.02. The lowest BCUT2D eigenvalue weighted by molar-refractivity contribution is -0.142. The Labute approximate surface area is 150 Å². The maximum absolute atomic E-state index is 13.0. The lowest BCUT2D eigenvalue weighted by Gasteiger charge is -2.34. The van der Waals surface area contributed by atoms with E-state index in [4.69, 9.17) is 0 Å². The first kappa shape index (κ1) is 16.6. The predicted molar refractivity (Wildman–Crippen MR) is 96.7 cm³/mol. The minimum absolute atomic E-state index is 0.0275. The van der Waals surface area contributed by atoms with E-state index in [1.165, 1.54) is 12.8 Å². The number of nitrogens with zero attached hydrogens (tertiary/aromatic N) is 1. The molecule has 4 rings (SSSR count). The molecule has 0 radical (unpaired) electrons. The molecule has 1 aliphatic heterocycles. The topological polar surface area (TPSA) is 49.4 Å². The fourth-order valence-corrected chi connectivity index (χ4v) is 4.69. The van der Waals surface area contributed by atoms with Gasteiger partial charge < -0.3 is 10.2 Å². The molecular weight excluding hydrogens is 312 g/mol. The van der Waals surface area contributed by atoms with Gasteiger partial charge in [0.1, 0.15) is 6.04 Å². The smallest absolute Gasteiger partial charge is 0.243 e. The fraction of sp³-hybridized carbons (Fsp3) is 0.619. The molecule has 0 spiro atoms. The van der Waals surface area contributed by atoms with Crippen molar-refractivity contribution in [3.63, 3.8) is 0 Å². The number of carbonyl (C=O) groups is 2. The van der Waals surface area contributed by atoms with E-state index in [9.17, 15) is 9.59 Å². The highest BCUT2D eigenvalue weighted by Crippen LogP contribution is 2.43. The van der Waals surface area contributed by atoms with Gasteiger partial charge in [-0.25, -0.2) is 0 Å². The van der Waals surface area contributed by atoms with Gasteiger partial charge in [-0.1, -0.05) is 43.2 Å². The van der Waals surface area contributed by atoms with Crippen LogP contribution < -0.4 is 5.32 Å². The molecule has 3 fully saturated rings. The van der Waals surface area contributed by atoms with Gasteiger partial charge in [0.15, 0.2) is 0 Å². The second-order valence-electron chi connectivity index (χ2n) is 8.02. The maximum atomic E-state index is 13.0. The Morgan fingerprint density at radius 1 is 1.08 bits per heavy atom. The SMILES string of the molecule is C[C@H](NC(=O)[C@@H]1C[C@H]2CCCC[C@@H]2N1C(=O)C1CC1)c1ccccc1. The van der Waals surface area contributed by atoms with Crippen LogP contribution in [-0.2, 0) is 9.59 Å². The van der Waals surface area contributed by atoms with Crippen LogP contribution in [0.1, 0.15) is 63.5 Å². The zero-order chi connectivity index (χ0) is 17.4. The number of rotatable bonds is 4. The number of fused-ring (bicyclic) bond motifs is 1. The number of hydrogen-bond donors (Lipinski definition) is 1. The highest BCUT2D eigenvalue weighted by Gasteiger charge is 2.50. The number of likely N-dealkylation sites (tertiary alicyclic amines) is 1. The summed E-state index contributed by atoms with van der Waals surface area (Å²) in [5.74, 6) is 0.962. The molecule has 1 aromatic rings. The van der Waals surface area contributed by atoms with Gasteiger partial charge in [0.25, 0.3) is 0 Å². The molecule has 1 saturated heterocycles. The monoisotopic (exact) mass is 340 g/mol. The number of nitrogens with one attached hydrogen (secondary N) is 1. The third kappa shape index (κ3) is 3.31. The summed E-state index contributed by atoms with van der Waals surface area (Å²) < 4.78 is 0. The second-order valence-corrected chi connectivity index (χ2v) is 8.02. The molecule has 1 heterocycles. The van der Waals surface area contributed by atoms with E-state index < -0.39 is 0 Å². The molecule has 2 amide bonds. The third-order valence-electron chi connectivity index (χ3n) is 6.23. The summed E-state index contributed by atoms with van der Waals surface area (Å²) in [5, 5.41) is 3.16. The Balaban J connectivity index is 1.50. The summed E-state index contributed by atoms with van der Waals surface area (Å²) in [5.41, 5.74) is 1.10.